The summed E-state index contributed by atoms with van der Waals surface area (Å²) in [5.41, 5.74) is 0. The van der Waals surface area contributed by atoms with Crippen LogP contribution in [0.3, 0.4) is 0 Å². The summed E-state index contributed by atoms with van der Waals surface area (Å²) in [5, 5.41) is 9.25. The second kappa shape index (κ2) is 6.21. The molecule has 0 aromatic carbocycles. The fraction of sp³-hybridized carbons (Fsp3) is 0.857. The lowest BCUT2D eigenvalue weighted by Gasteiger charge is -2.37. The maximum absolute atomic E-state index is 12.6. The summed E-state index contributed by atoms with van der Waals surface area (Å²) < 4.78 is 0. The molecule has 0 saturated heterocycles. The molecule has 1 amide bonds. The molecule has 0 aromatic heterocycles. The van der Waals surface area contributed by atoms with Crippen LogP contribution in [0.5, 0.6) is 0 Å². The summed E-state index contributed by atoms with van der Waals surface area (Å²) in [5.74, 6) is -1.63. The zero-order valence-corrected chi connectivity index (χ0v) is 11.8. The number of hydrogen-bond donors (Lipinski definition) is 1. The molecule has 1 saturated carbocycles. The minimum absolute atomic E-state index is 0.0205. The van der Waals surface area contributed by atoms with Crippen LogP contribution in [-0.2, 0) is 9.59 Å². The first-order valence-corrected chi connectivity index (χ1v) is 6.91. The van der Waals surface area contributed by atoms with Crippen molar-refractivity contribution in [2.75, 3.05) is 0 Å². The largest absolute Gasteiger partial charge is 0.481 e. The van der Waals surface area contributed by atoms with Gasteiger partial charge in [0, 0.05) is 12.1 Å². The highest BCUT2D eigenvalue weighted by Gasteiger charge is 2.38. The molecule has 1 N–H and O–H groups in total. The summed E-state index contributed by atoms with van der Waals surface area (Å²) in [6.07, 6.45) is 3.23. The number of carboxylic acids is 1. The fourth-order valence-electron chi connectivity index (χ4n) is 3.02. The Labute approximate surface area is 109 Å². The first kappa shape index (κ1) is 15.0. The molecule has 1 fully saturated rings. The van der Waals surface area contributed by atoms with Gasteiger partial charge in [-0.25, -0.2) is 0 Å². The Bertz CT molecular complexity index is 304. The maximum atomic E-state index is 12.6. The number of aliphatic carboxylic acids is 1. The normalized spacial score (nSPS) is 24.3. The molecule has 0 aromatic rings. The van der Waals surface area contributed by atoms with Crippen LogP contribution in [0.2, 0.25) is 0 Å². The Balaban J connectivity index is 2.88. The number of carboxylic acid groups (broad SMARTS) is 1. The monoisotopic (exact) mass is 255 g/mol. The Morgan fingerprint density at radius 3 is 1.83 bits per heavy atom. The van der Waals surface area contributed by atoms with E-state index < -0.39 is 11.9 Å². The summed E-state index contributed by atoms with van der Waals surface area (Å²) in [6, 6.07) is 0.239. The summed E-state index contributed by atoms with van der Waals surface area (Å²) in [6.45, 7) is 7.93. The van der Waals surface area contributed by atoms with Crippen LogP contribution in [0.4, 0.5) is 0 Å². The zero-order valence-electron chi connectivity index (χ0n) is 11.8. The Hall–Kier alpha value is -1.06. The minimum Gasteiger partial charge on any atom is -0.481 e. The summed E-state index contributed by atoms with van der Waals surface area (Å²) in [4.78, 5) is 25.6. The lowest BCUT2D eigenvalue weighted by atomic mass is 9.78. The second-order valence-electron chi connectivity index (χ2n) is 5.77. The molecule has 18 heavy (non-hydrogen) atoms. The van der Waals surface area contributed by atoms with Crippen LogP contribution < -0.4 is 0 Å². The number of rotatable bonds is 4. The Kier molecular flexibility index (Phi) is 5.17. The van der Waals surface area contributed by atoms with Crippen molar-refractivity contribution in [1.29, 1.82) is 0 Å². The molecule has 0 radical (unpaired) electrons. The van der Waals surface area contributed by atoms with Gasteiger partial charge in [-0.3, -0.25) is 9.59 Å². The van der Waals surface area contributed by atoms with Crippen molar-refractivity contribution in [3.63, 3.8) is 0 Å². The van der Waals surface area contributed by atoms with Crippen LogP contribution in [0, 0.1) is 11.8 Å². The van der Waals surface area contributed by atoms with Gasteiger partial charge in [0.25, 0.3) is 0 Å². The Morgan fingerprint density at radius 1 is 1.00 bits per heavy atom. The number of carbonyl (C=O) groups is 2. The molecule has 1 rings (SSSR count). The molecular formula is C14H25NO3. The molecule has 4 heteroatoms. The molecule has 0 spiro atoms. The van der Waals surface area contributed by atoms with Gasteiger partial charge in [-0.2, -0.15) is 0 Å². The highest BCUT2D eigenvalue weighted by molar-refractivity contribution is 5.85. The molecule has 0 heterocycles. The quantitative estimate of drug-likeness (QED) is 0.839. The van der Waals surface area contributed by atoms with Gasteiger partial charge in [0.15, 0.2) is 0 Å². The molecule has 2 atom stereocenters. The van der Waals surface area contributed by atoms with Crippen LogP contribution in [-0.4, -0.2) is 34.0 Å². The van der Waals surface area contributed by atoms with Crippen molar-refractivity contribution < 1.29 is 14.7 Å². The van der Waals surface area contributed by atoms with Crippen molar-refractivity contribution in [3.8, 4) is 0 Å². The van der Waals surface area contributed by atoms with Gasteiger partial charge < -0.3 is 10.0 Å². The molecular weight excluding hydrogens is 230 g/mol. The molecule has 1 aliphatic rings. The van der Waals surface area contributed by atoms with E-state index in [0.29, 0.717) is 12.8 Å². The van der Waals surface area contributed by atoms with Crippen LogP contribution in [0.1, 0.15) is 53.4 Å². The van der Waals surface area contributed by atoms with E-state index in [1.807, 2.05) is 32.6 Å². The van der Waals surface area contributed by atoms with Crippen LogP contribution in [0.25, 0.3) is 0 Å². The number of nitrogens with zero attached hydrogens (tertiary/aromatic N) is 1. The minimum atomic E-state index is -0.819. The van der Waals surface area contributed by atoms with Gasteiger partial charge in [-0.1, -0.05) is 12.8 Å². The molecule has 0 aliphatic heterocycles. The summed E-state index contributed by atoms with van der Waals surface area (Å²) >= 11 is 0. The maximum Gasteiger partial charge on any atom is 0.307 e. The second-order valence-corrected chi connectivity index (χ2v) is 5.77. The van der Waals surface area contributed by atoms with E-state index in [4.69, 9.17) is 0 Å². The lowest BCUT2D eigenvalue weighted by Crippen LogP contribution is -2.48. The van der Waals surface area contributed by atoms with Crippen molar-refractivity contribution >= 4 is 11.9 Å². The average Bonchev–Trinajstić information content (AvgIpc) is 2.27. The smallest absolute Gasteiger partial charge is 0.307 e. The van der Waals surface area contributed by atoms with E-state index >= 15 is 0 Å². The first-order valence-electron chi connectivity index (χ1n) is 6.91. The van der Waals surface area contributed by atoms with E-state index in [2.05, 4.69) is 0 Å². The predicted molar refractivity (Wildman–Crippen MR) is 70.2 cm³/mol. The van der Waals surface area contributed by atoms with Crippen molar-refractivity contribution in [1.82, 2.24) is 4.90 Å². The molecule has 4 nitrogen and oxygen atoms in total. The predicted octanol–water partition coefficient (Wildman–Crippen LogP) is 2.52. The highest BCUT2D eigenvalue weighted by atomic mass is 16.4. The standard InChI is InChI=1S/C14H25NO3/c1-9(2)15(10(3)4)13(16)11-7-5-6-8-12(11)14(17)18/h9-12H,5-8H2,1-4H3,(H,17,18)/t11-,12+/m1/s1. The first-order chi connectivity index (χ1) is 8.36. The third-order valence-corrected chi connectivity index (χ3v) is 3.77. The number of hydrogen-bond acceptors (Lipinski definition) is 2. The van der Waals surface area contributed by atoms with Crippen molar-refractivity contribution in [3.05, 3.63) is 0 Å². The van der Waals surface area contributed by atoms with E-state index in [1.54, 1.807) is 0 Å². The molecule has 0 unspecified atom stereocenters. The SMILES string of the molecule is CC(C)N(C(=O)[C@@H]1CCCC[C@@H]1C(=O)O)C(C)C. The van der Waals surface area contributed by atoms with Crippen LogP contribution in [0.15, 0.2) is 0 Å². The number of amides is 1. The third kappa shape index (κ3) is 3.24. The van der Waals surface area contributed by atoms with Gasteiger partial charge in [0.05, 0.1) is 11.8 Å². The third-order valence-electron chi connectivity index (χ3n) is 3.77. The zero-order chi connectivity index (χ0) is 13.9. The van der Waals surface area contributed by atoms with Crippen LogP contribution >= 0.6 is 0 Å². The Morgan fingerprint density at radius 2 is 1.44 bits per heavy atom. The molecule has 104 valence electrons. The molecule has 0 bridgehead atoms. The van der Waals surface area contributed by atoms with E-state index in [9.17, 15) is 14.7 Å². The summed E-state index contributed by atoms with van der Waals surface area (Å²) in [7, 11) is 0. The lowest BCUT2D eigenvalue weighted by molar-refractivity contribution is -0.154. The van der Waals surface area contributed by atoms with E-state index in [-0.39, 0.29) is 23.9 Å². The van der Waals surface area contributed by atoms with Crippen molar-refractivity contribution in [2.24, 2.45) is 11.8 Å². The number of carbonyl (C=O) groups excluding carboxylic acids is 1. The topological polar surface area (TPSA) is 57.6 Å². The average molecular weight is 255 g/mol. The fourth-order valence-corrected chi connectivity index (χ4v) is 3.02. The van der Waals surface area contributed by atoms with E-state index in [0.717, 1.165) is 12.8 Å². The van der Waals surface area contributed by atoms with Gasteiger partial charge in [0.2, 0.25) is 5.91 Å². The highest BCUT2D eigenvalue weighted by Crippen LogP contribution is 2.32. The van der Waals surface area contributed by atoms with Gasteiger partial charge >= 0.3 is 5.97 Å². The van der Waals surface area contributed by atoms with Gasteiger partial charge in [0.1, 0.15) is 0 Å². The van der Waals surface area contributed by atoms with Crippen molar-refractivity contribution in [2.45, 2.75) is 65.5 Å². The molecule has 1 aliphatic carbocycles. The van der Waals surface area contributed by atoms with Gasteiger partial charge in [-0.05, 0) is 40.5 Å². The van der Waals surface area contributed by atoms with E-state index in [1.165, 1.54) is 0 Å². The van der Waals surface area contributed by atoms with Gasteiger partial charge in [-0.15, -0.1) is 0 Å².